The lowest BCUT2D eigenvalue weighted by atomic mass is 9.88. The number of likely N-dealkylation sites (tertiary alicyclic amines) is 1. The molecule has 4 heterocycles. The molecule has 3 N–H and O–H groups in total. The van der Waals surface area contributed by atoms with Gasteiger partial charge < -0.3 is 24.7 Å². The number of aromatic amines is 1. The van der Waals surface area contributed by atoms with E-state index in [-0.39, 0.29) is 29.5 Å². The third-order valence-corrected chi connectivity index (χ3v) is 13.9. The summed E-state index contributed by atoms with van der Waals surface area (Å²) in [5, 5.41) is 15.9. The van der Waals surface area contributed by atoms with Crippen molar-refractivity contribution < 1.29 is 32.4 Å². The first kappa shape index (κ1) is 41.3. The van der Waals surface area contributed by atoms with E-state index in [0.717, 1.165) is 48.4 Å². The molecular formula is C46H49N7O8S. The second-order valence-electron chi connectivity index (χ2n) is 16.6. The van der Waals surface area contributed by atoms with Crippen molar-refractivity contribution in [3.63, 3.8) is 0 Å². The molecule has 2 amide bonds. The highest BCUT2D eigenvalue weighted by Gasteiger charge is 2.36. The number of carbonyl (C=O) groups is 2. The largest absolute Gasteiger partial charge is 0.455 e. The number of nitrogens with one attached hydrogen (secondary N) is 3. The van der Waals surface area contributed by atoms with Crippen molar-refractivity contribution in [3.8, 4) is 11.5 Å². The molecule has 2 aromatic heterocycles. The number of hydrogen-bond donors (Lipinski definition) is 3. The van der Waals surface area contributed by atoms with Crippen LogP contribution in [-0.4, -0.2) is 89.9 Å². The molecule has 15 nitrogen and oxygen atoms in total. The van der Waals surface area contributed by atoms with Gasteiger partial charge in [0, 0.05) is 56.3 Å². The molecule has 1 saturated carbocycles. The Bertz CT molecular complexity index is 2680. The van der Waals surface area contributed by atoms with Crippen LogP contribution in [0.25, 0.3) is 16.6 Å². The average molecular weight is 860 g/mol. The normalized spacial score (nSPS) is 20.8. The molecular weight excluding hydrogens is 811 g/mol. The molecule has 0 spiro atoms. The van der Waals surface area contributed by atoms with Crippen molar-refractivity contribution in [2.45, 2.75) is 80.9 Å². The van der Waals surface area contributed by atoms with Crippen LogP contribution in [0.2, 0.25) is 0 Å². The maximum Gasteiger partial charge on any atom is 0.293 e. The monoisotopic (exact) mass is 859 g/mol. The van der Waals surface area contributed by atoms with E-state index in [0.29, 0.717) is 49.1 Å². The number of anilines is 1. The van der Waals surface area contributed by atoms with E-state index in [2.05, 4.69) is 55.2 Å². The number of nitro benzene ring substituents is 1. The zero-order chi connectivity index (χ0) is 43.0. The Hall–Kier alpha value is -6.10. The molecule has 3 unspecified atom stereocenters. The Morgan fingerprint density at radius 3 is 2.63 bits per heavy atom. The SMILES string of the molecule is CC(=O)N1CCOC(CNc2ccc(S(=O)(=O)NC(=O)c3ccc(C4=CCC(N5CCCC5c5ccccc5C5CC5)CC4)cc3Oc3cnc4[nH]ccc4c3)cc2[N+](=O)[O-])C1. The van der Waals surface area contributed by atoms with Crippen LogP contribution in [0.4, 0.5) is 11.4 Å². The molecule has 9 rings (SSSR count). The summed E-state index contributed by atoms with van der Waals surface area (Å²) in [6.07, 6.45) is 12.7. The van der Waals surface area contributed by atoms with Crippen LogP contribution in [0.5, 0.6) is 11.5 Å². The average Bonchev–Trinajstić information content (AvgIpc) is 3.81. The number of hydrogen-bond acceptors (Lipinski definition) is 11. The number of amides is 2. The summed E-state index contributed by atoms with van der Waals surface area (Å²) >= 11 is 0. The van der Waals surface area contributed by atoms with Crippen LogP contribution in [0.3, 0.4) is 0 Å². The number of nitro groups is 1. The van der Waals surface area contributed by atoms with E-state index in [1.54, 1.807) is 35.4 Å². The van der Waals surface area contributed by atoms with Gasteiger partial charge in [0.1, 0.15) is 22.8 Å². The molecule has 322 valence electrons. The number of carbonyl (C=O) groups excluding carboxylic acids is 2. The number of fused-ring (bicyclic) bond motifs is 1. The predicted octanol–water partition coefficient (Wildman–Crippen LogP) is 7.69. The summed E-state index contributed by atoms with van der Waals surface area (Å²) in [6, 6.07) is 21.9. The molecule has 5 aromatic rings. The molecule has 62 heavy (non-hydrogen) atoms. The summed E-state index contributed by atoms with van der Waals surface area (Å²) in [5.41, 5.74) is 5.15. The molecule has 2 aliphatic heterocycles. The highest BCUT2D eigenvalue weighted by molar-refractivity contribution is 7.90. The quantitative estimate of drug-likeness (QED) is 0.0778. The van der Waals surface area contributed by atoms with E-state index in [1.165, 1.54) is 62.1 Å². The summed E-state index contributed by atoms with van der Waals surface area (Å²) in [5.74, 6) is 0.102. The van der Waals surface area contributed by atoms with Crippen molar-refractivity contribution in [2.24, 2.45) is 0 Å². The fourth-order valence-corrected chi connectivity index (χ4v) is 10.2. The van der Waals surface area contributed by atoms with E-state index in [1.807, 2.05) is 6.07 Å². The first-order chi connectivity index (χ1) is 30.0. The van der Waals surface area contributed by atoms with Gasteiger partial charge in [0.15, 0.2) is 0 Å². The molecule has 2 aliphatic carbocycles. The van der Waals surface area contributed by atoms with Crippen molar-refractivity contribution in [3.05, 3.63) is 124 Å². The van der Waals surface area contributed by atoms with Gasteiger partial charge in [-0.1, -0.05) is 36.4 Å². The van der Waals surface area contributed by atoms with Gasteiger partial charge in [-0.2, -0.15) is 0 Å². The van der Waals surface area contributed by atoms with Crippen LogP contribution < -0.4 is 14.8 Å². The van der Waals surface area contributed by atoms with Gasteiger partial charge in [-0.25, -0.2) is 18.1 Å². The fraction of sp³-hybridized carbons (Fsp3) is 0.370. The fourth-order valence-electron chi connectivity index (χ4n) is 9.19. The number of H-pyrrole nitrogens is 1. The van der Waals surface area contributed by atoms with Gasteiger partial charge in [0.2, 0.25) is 5.91 Å². The molecule has 2 saturated heterocycles. The summed E-state index contributed by atoms with van der Waals surface area (Å²) in [6.45, 7) is 3.78. The number of allylic oxidation sites excluding steroid dienone is 1. The van der Waals surface area contributed by atoms with Crippen LogP contribution in [0, 0.1) is 10.1 Å². The molecule has 16 heteroatoms. The van der Waals surface area contributed by atoms with Gasteiger partial charge in [0.25, 0.3) is 21.6 Å². The molecule has 4 aliphatic rings. The zero-order valence-electron chi connectivity index (χ0n) is 34.4. The van der Waals surface area contributed by atoms with Crippen LogP contribution in [-0.2, 0) is 19.6 Å². The lowest BCUT2D eigenvalue weighted by Gasteiger charge is -2.36. The van der Waals surface area contributed by atoms with E-state index in [9.17, 15) is 28.1 Å². The maximum atomic E-state index is 13.9. The lowest BCUT2D eigenvalue weighted by Crippen LogP contribution is -2.47. The van der Waals surface area contributed by atoms with Gasteiger partial charge in [-0.05, 0) is 116 Å². The van der Waals surface area contributed by atoms with E-state index >= 15 is 0 Å². The van der Waals surface area contributed by atoms with E-state index in [4.69, 9.17) is 9.47 Å². The number of pyridine rings is 1. The highest BCUT2D eigenvalue weighted by atomic mass is 32.2. The van der Waals surface area contributed by atoms with Gasteiger partial charge >= 0.3 is 0 Å². The molecule has 3 fully saturated rings. The lowest BCUT2D eigenvalue weighted by molar-refractivity contribution is -0.384. The zero-order valence-corrected chi connectivity index (χ0v) is 35.2. The Balaban J connectivity index is 0.941. The second-order valence-corrected chi connectivity index (χ2v) is 18.2. The number of benzene rings is 3. The third-order valence-electron chi connectivity index (χ3n) is 12.5. The smallest absolute Gasteiger partial charge is 0.293 e. The standard InChI is InChI=1S/C46H49N7O8S/c1-29(54)51-21-22-60-36(28-51)27-48-41-17-15-37(25-43(41)53(56)57)62(58,59)50-46(55)40-16-12-32(24-44(40)61-35-23-33-18-19-47-45(33)49-26-35)30-10-13-34(14-11-30)52-20-4-7-42(52)39-6-3-2-5-38(39)31-8-9-31/h2-3,5-6,10,12,15-19,23-26,31,34,36,42,48H,4,7-9,11,13-14,20-22,27-28H2,1H3,(H,47,49)(H,50,55). The van der Waals surface area contributed by atoms with Gasteiger partial charge in [0.05, 0.1) is 34.3 Å². The number of sulfonamides is 1. The number of nitrogens with zero attached hydrogens (tertiary/aromatic N) is 4. The summed E-state index contributed by atoms with van der Waals surface area (Å²) in [7, 11) is -4.61. The van der Waals surface area contributed by atoms with Gasteiger partial charge in [-0.3, -0.25) is 24.6 Å². The molecule has 3 aromatic carbocycles. The Labute approximate surface area is 359 Å². The highest BCUT2D eigenvalue weighted by Crippen LogP contribution is 2.47. The first-order valence-corrected chi connectivity index (χ1v) is 22.7. The van der Waals surface area contributed by atoms with Crippen molar-refractivity contribution in [1.82, 2.24) is 24.5 Å². The minimum absolute atomic E-state index is 0.0464. The van der Waals surface area contributed by atoms with Crippen molar-refractivity contribution in [1.29, 1.82) is 0 Å². The van der Waals surface area contributed by atoms with Crippen LogP contribution in [0.15, 0.2) is 96.2 Å². The predicted molar refractivity (Wildman–Crippen MR) is 234 cm³/mol. The number of rotatable bonds is 13. The summed E-state index contributed by atoms with van der Waals surface area (Å²) < 4.78 is 41.6. The maximum absolute atomic E-state index is 13.9. The second kappa shape index (κ2) is 17.3. The van der Waals surface area contributed by atoms with Crippen LogP contribution >= 0.6 is 0 Å². The third kappa shape index (κ3) is 8.80. The molecule has 0 radical (unpaired) electrons. The van der Waals surface area contributed by atoms with Crippen LogP contribution in [0.1, 0.15) is 90.9 Å². The Morgan fingerprint density at radius 1 is 1.02 bits per heavy atom. The minimum Gasteiger partial charge on any atom is -0.455 e. The van der Waals surface area contributed by atoms with Crippen molar-refractivity contribution in [2.75, 3.05) is 38.1 Å². The Kier molecular flexibility index (Phi) is 11.5. The van der Waals surface area contributed by atoms with E-state index < -0.39 is 37.5 Å². The topological polar surface area (TPSA) is 189 Å². The minimum atomic E-state index is -4.61. The Morgan fingerprint density at radius 2 is 1.85 bits per heavy atom. The number of aromatic nitrogens is 2. The van der Waals surface area contributed by atoms with Crippen molar-refractivity contribution >= 4 is 49.8 Å². The first-order valence-electron chi connectivity index (χ1n) is 21.3. The van der Waals surface area contributed by atoms with Gasteiger partial charge in [-0.15, -0.1) is 0 Å². The number of ether oxygens (including phenoxy) is 2. The molecule has 0 bridgehead atoms. The summed E-state index contributed by atoms with van der Waals surface area (Å²) in [4.78, 5) is 48.6. The number of morpholine rings is 1. The molecule has 3 atom stereocenters.